The van der Waals surface area contributed by atoms with Gasteiger partial charge >= 0.3 is 0 Å². The monoisotopic (exact) mass is 276 g/mol. The Hall–Kier alpha value is -1.11. The zero-order chi connectivity index (χ0) is 14.9. The first-order valence-electron chi connectivity index (χ1n) is 8.21. The van der Waals surface area contributed by atoms with E-state index >= 15 is 0 Å². The van der Waals surface area contributed by atoms with E-state index in [9.17, 15) is 4.79 Å². The molecule has 0 rings (SSSR count). The molecule has 0 radical (unpaired) electrons. The van der Waals surface area contributed by atoms with Crippen LogP contribution < -0.4 is 0 Å². The highest BCUT2D eigenvalue weighted by Crippen LogP contribution is 2.08. The Morgan fingerprint density at radius 2 is 1.30 bits per heavy atom. The van der Waals surface area contributed by atoms with Crippen LogP contribution in [0.3, 0.4) is 0 Å². The minimum atomic E-state index is 0.325. The predicted molar refractivity (Wildman–Crippen MR) is 89.9 cm³/mol. The summed E-state index contributed by atoms with van der Waals surface area (Å²) in [6.45, 7) is 3.84. The molecule has 1 heteroatoms. The highest BCUT2D eigenvalue weighted by Gasteiger charge is 1.93. The van der Waals surface area contributed by atoms with Crippen molar-refractivity contribution in [2.24, 2.45) is 0 Å². The summed E-state index contributed by atoms with van der Waals surface area (Å²) in [6, 6.07) is 0. The van der Waals surface area contributed by atoms with Gasteiger partial charge in [0.1, 0.15) is 5.78 Å². The average molecular weight is 276 g/mol. The molecule has 0 aromatic heterocycles. The summed E-state index contributed by atoms with van der Waals surface area (Å²) in [5, 5.41) is 0. The Labute approximate surface area is 125 Å². The molecule has 0 aromatic carbocycles. The van der Waals surface area contributed by atoms with Crippen LogP contribution in [-0.4, -0.2) is 5.78 Å². The molecule has 0 saturated heterocycles. The first-order valence-corrected chi connectivity index (χ1v) is 8.21. The smallest absolute Gasteiger partial charge is 0.129 e. The number of ketones is 1. The number of hydrogen-bond acceptors (Lipinski definition) is 1. The van der Waals surface area contributed by atoms with Crippen LogP contribution in [0.5, 0.6) is 0 Å². The van der Waals surface area contributed by atoms with E-state index in [2.05, 4.69) is 43.4 Å². The standard InChI is InChI=1S/C19H32O/c1-3-4-5-6-7-8-9-10-11-12-13-14-15-16-17-18-19(2)20/h4-5,7-8,10-11H,3,6,9,12-18H2,1-2H3/b5-4-,8-7-,11-10+. The molecule has 1 nitrogen and oxygen atoms in total. The molecule has 0 saturated carbocycles. The lowest BCUT2D eigenvalue weighted by atomic mass is 10.1. The summed E-state index contributed by atoms with van der Waals surface area (Å²) in [5.41, 5.74) is 0. The summed E-state index contributed by atoms with van der Waals surface area (Å²) < 4.78 is 0. The van der Waals surface area contributed by atoms with Gasteiger partial charge in [0, 0.05) is 6.42 Å². The molecule has 0 spiro atoms. The van der Waals surface area contributed by atoms with Gasteiger partial charge in [0.25, 0.3) is 0 Å². The van der Waals surface area contributed by atoms with Crippen LogP contribution in [-0.2, 0) is 4.79 Å². The molecular formula is C19H32O. The number of carbonyl (C=O) groups is 1. The molecule has 0 unspecified atom stereocenters. The Morgan fingerprint density at radius 1 is 0.750 bits per heavy atom. The Bertz CT molecular complexity index is 297. The van der Waals surface area contributed by atoms with Crippen molar-refractivity contribution in [3.63, 3.8) is 0 Å². The molecule has 0 fully saturated rings. The summed E-state index contributed by atoms with van der Waals surface area (Å²) in [4.78, 5) is 10.8. The van der Waals surface area contributed by atoms with E-state index in [1.807, 2.05) is 0 Å². The lowest BCUT2D eigenvalue weighted by molar-refractivity contribution is -0.117. The van der Waals surface area contributed by atoms with Crippen molar-refractivity contribution in [1.29, 1.82) is 0 Å². The van der Waals surface area contributed by atoms with Gasteiger partial charge in [-0.15, -0.1) is 0 Å². The van der Waals surface area contributed by atoms with Gasteiger partial charge in [-0.3, -0.25) is 0 Å². The highest BCUT2D eigenvalue weighted by atomic mass is 16.1. The number of rotatable bonds is 13. The Kier molecular flexibility index (Phi) is 15.1. The molecule has 0 aliphatic rings. The lowest BCUT2D eigenvalue weighted by Gasteiger charge is -1.98. The second-order valence-electron chi connectivity index (χ2n) is 5.30. The van der Waals surface area contributed by atoms with Crippen LogP contribution in [0, 0.1) is 0 Å². The van der Waals surface area contributed by atoms with E-state index < -0.39 is 0 Å². The van der Waals surface area contributed by atoms with Crippen molar-refractivity contribution in [3.8, 4) is 0 Å². The predicted octanol–water partition coefficient (Wildman–Crippen LogP) is 6.16. The first kappa shape index (κ1) is 18.9. The van der Waals surface area contributed by atoms with Crippen molar-refractivity contribution in [3.05, 3.63) is 36.5 Å². The van der Waals surface area contributed by atoms with Crippen LogP contribution in [0.2, 0.25) is 0 Å². The fraction of sp³-hybridized carbons (Fsp3) is 0.632. The summed E-state index contributed by atoms with van der Waals surface area (Å²) >= 11 is 0. The zero-order valence-electron chi connectivity index (χ0n) is 13.4. The number of Topliss-reactive ketones (excluding diaryl/α,β-unsaturated/α-hetero) is 1. The quantitative estimate of drug-likeness (QED) is 0.290. The summed E-state index contributed by atoms with van der Waals surface area (Å²) in [5.74, 6) is 0.325. The zero-order valence-corrected chi connectivity index (χ0v) is 13.4. The Morgan fingerprint density at radius 3 is 1.95 bits per heavy atom. The Balaban J connectivity index is 3.23. The van der Waals surface area contributed by atoms with Gasteiger partial charge in [-0.1, -0.05) is 62.6 Å². The number of hydrogen-bond donors (Lipinski definition) is 0. The second-order valence-corrected chi connectivity index (χ2v) is 5.30. The van der Waals surface area contributed by atoms with Gasteiger partial charge < -0.3 is 4.79 Å². The molecule has 0 aliphatic carbocycles. The highest BCUT2D eigenvalue weighted by molar-refractivity contribution is 5.75. The van der Waals surface area contributed by atoms with E-state index in [0.29, 0.717) is 5.78 Å². The molecule has 0 amide bonds. The minimum Gasteiger partial charge on any atom is -0.300 e. The SMILES string of the molecule is CC/C=C\C/C=C\C/C=C/CCCCCCCC(C)=O. The van der Waals surface area contributed by atoms with Crippen LogP contribution in [0.4, 0.5) is 0 Å². The number of allylic oxidation sites excluding steroid dienone is 6. The molecule has 0 aliphatic heterocycles. The van der Waals surface area contributed by atoms with Crippen LogP contribution in [0.1, 0.15) is 78.1 Å². The summed E-state index contributed by atoms with van der Waals surface area (Å²) in [7, 11) is 0. The molecular weight excluding hydrogens is 244 g/mol. The first-order chi connectivity index (χ1) is 9.77. The molecule has 0 N–H and O–H groups in total. The van der Waals surface area contributed by atoms with Gasteiger partial charge in [-0.2, -0.15) is 0 Å². The van der Waals surface area contributed by atoms with Crippen LogP contribution in [0.25, 0.3) is 0 Å². The maximum atomic E-state index is 10.8. The van der Waals surface area contributed by atoms with E-state index in [0.717, 1.165) is 32.1 Å². The van der Waals surface area contributed by atoms with Crippen molar-refractivity contribution in [1.82, 2.24) is 0 Å². The molecule has 20 heavy (non-hydrogen) atoms. The lowest BCUT2D eigenvalue weighted by Crippen LogP contribution is -1.89. The molecule has 114 valence electrons. The van der Waals surface area contributed by atoms with Crippen molar-refractivity contribution < 1.29 is 4.79 Å². The third-order valence-electron chi connectivity index (χ3n) is 3.18. The third kappa shape index (κ3) is 16.9. The van der Waals surface area contributed by atoms with Crippen molar-refractivity contribution in [2.45, 2.75) is 78.1 Å². The van der Waals surface area contributed by atoms with Crippen molar-refractivity contribution >= 4 is 5.78 Å². The van der Waals surface area contributed by atoms with Gasteiger partial charge in [0.15, 0.2) is 0 Å². The number of carbonyl (C=O) groups excluding carboxylic acids is 1. The largest absolute Gasteiger partial charge is 0.300 e. The molecule has 0 heterocycles. The van der Waals surface area contributed by atoms with Crippen LogP contribution in [0.15, 0.2) is 36.5 Å². The van der Waals surface area contributed by atoms with Gasteiger partial charge in [-0.25, -0.2) is 0 Å². The normalized spacial score (nSPS) is 12.1. The fourth-order valence-electron chi connectivity index (χ4n) is 1.99. The molecule has 0 bridgehead atoms. The van der Waals surface area contributed by atoms with E-state index in [1.165, 1.54) is 32.1 Å². The van der Waals surface area contributed by atoms with Gasteiger partial charge in [0.2, 0.25) is 0 Å². The van der Waals surface area contributed by atoms with E-state index in [4.69, 9.17) is 0 Å². The summed E-state index contributed by atoms with van der Waals surface area (Å²) in [6.07, 6.45) is 24.7. The van der Waals surface area contributed by atoms with Crippen molar-refractivity contribution in [2.75, 3.05) is 0 Å². The second kappa shape index (κ2) is 15.9. The average Bonchev–Trinajstić information content (AvgIpc) is 2.43. The molecule has 0 aromatic rings. The van der Waals surface area contributed by atoms with E-state index in [-0.39, 0.29) is 0 Å². The fourth-order valence-corrected chi connectivity index (χ4v) is 1.99. The maximum Gasteiger partial charge on any atom is 0.129 e. The number of unbranched alkanes of at least 4 members (excludes halogenated alkanes) is 5. The van der Waals surface area contributed by atoms with Crippen LogP contribution >= 0.6 is 0 Å². The molecule has 0 atom stereocenters. The van der Waals surface area contributed by atoms with Gasteiger partial charge in [0.05, 0.1) is 0 Å². The minimum absolute atomic E-state index is 0.325. The van der Waals surface area contributed by atoms with E-state index in [1.54, 1.807) is 6.92 Å². The third-order valence-corrected chi connectivity index (χ3v) is 3.18. The topological polar surface area (TPSA) is 17.1 Å². The maximum absolute atomic E-state index is 10.8. The van der Waals surface area contributed by atoms with Gasteiger partial charge in [-0.05, 0) is 45.4 Å².